The fraction of sp³-hybridized carbons (Fsp3) is 0.250. The first-order valence-electron chi connectivity index (χ1n) is 5.71. The number of carboxylic acids is 1. The van der Waals surface area contributed by atoms with E-state index in [0.717, 1.165) is 6.07 Å². The first-order valence-corrected chi connectivity index (χ1v) is 7.15. The molecule has 0 atom stereocenters. The van der Waals surface area contributed by atoms with Gasteiger partial charge in [-0.25, -0.2) is 13.2 Å². The summed E-state index contributed by atoms with van der Waals surface area (Å²) in [5.41, 5.74) is 5.42. The molecule has 0 amide bonds. The molecule has 0 saturated heterocycles. The number of carbonyl (C=O) groups is 1. The van der Waals surface area contributed by atoms with Gasteiger partial charge in [0.05, 0.1) is 10.5 Å². The van der Waals surface area contributed by atoms with Crippen LogP contribution in [0, 0.1) is 0 Å². The molecule has 1 aromatic rings. The highest BCUT2D eigenvalue weighted by Gasteiger charge is 2.28. The third-order valence-corrected chi connectivity index (χ3v) is 4.80. The lowest BCUT2D eigenvalue weighted by Crippen LogP contribution is -2.34. The summed E-state index contributed by atoms with van der Waals surface area (Å²) in [6, 6.07) is 3.79. The number of carboxylic acid groups (broad SMARTS) is 1. The summed E-state index contributed by atoms with van der Waals surface area (Å²) < 4.78 is 26.1. The summed E-state index contributed by atoms with van der Waals surface area (Å²) in [5.74, 6) is -1.31. The Morgan fingerprint density at radius 3 is 2.63 bits per heavy atom. The fourth-order valence-electron chi connectivity index (χ4n) is 1.92. The van der Waals surface area contributed by atoms with Crippen molar-refractivity contribution in [1.29, 1.82) is 0 Å². The predicted octanol–water partition coefficient (Wildman–Crippen LogP) is 0.918. The number of nitrogens with two attached hydrogens (primary N) is 1. The third kappa shape index (κ3) is 2.61. The molecule has 0 aliphatic carbocycles. The van der Waals surface area contributed by atoms with Crippen molar-refractivity contribution in [3.05, 3.63) is 35.9 Å². The van der Waals surface area contributed by atoms with Gasteiger partial charge in [-0.15, -0.1) is 0 Å². The molecule has 3 N–H and O–H groups in total. The summed E-state index contributed by atoms with van der Waals surface area (Å²) in [5, 5.41) is 9.10. The Balaban J connectivity index is 2.51. The SMILES string of the molecule is Nc1ccc(S(=O)(=O)N2CC=CCC2)c(C(=O)O)c1. The molecular formula is C12H14N2O4S. The van der Waals surface area contributed by atoms with Crippen molar-refractivity contribution >= 4 is 21.7 Å². The molecule has 0 unspecified atom stereocenters. The van der Waals surface area contributed by atoms with E-state index in [4.69, 9.17) is 10.8 Å². The van der Waals surface area contributed by atoms with Gasteiger partial charge in [-0.05, 0) is 24.6 Å². The van der Waals surface area contributed by atoms with Gasteiger partial charge in [0.2, 0.25) is 10.0 Å². The second-order valence-electron chi connectivity index (χ2n) is 4.18. The number of benzene rings is 1. The molecule has 102 valence electrons. The first-order chi connectivity index (χ1) is 8.93. The van der Waals surface area contributed by atoms with Crippen LogP contribution >= 0.6 is 0 Å². The summed E-state index contributed by atoms with van der Waals surface area (Å²) in [7, 11) is -3.81. The molecule has 6 nitrogen and oxygen atoms in total. The molecule has 0 radical (unpaired) electrons. The topological polar surface area (TPSA) is 101 Å². The highest BCUT2D eigenvalue weighted by atomic mass is 32.2. The van der Waals surface area contributed by atoms with Crippen molar-refractivity contribution in [2.75, 3.05) is 18.8 Å². The molecule has 1 aromatic carbocycles. The van der Waals surface area contributed by atoms with Crippen LogP contribution in [0.1, 0.15) is 16.8 Å². The molecule has 1 aliphatic rings. The number of nitrogen functional groups attached to an aromatic ring is 1. The van der Waals surface area contributed by atoms with E-state index in [1.54, 1.807) is 6.08 Å². The van der Waals surface area contributed by atoms with Crippen LogP contribution in [-0.2, 0) is 10.0 Å². The van der Waals surface area contributed by atoms with Crippen LogP contribution in [0.3, 0.4) is 0 Å². The summed E-state index contributed by atoms with van der Waals surface area (Å²) in [4.78, 5) is 10.9. The smallest absolute Gasteiger partial charge is 0.337 e. The van der Waals surface area contributed by atoms with E-state index in [-0.39, 0.29) is 22.7 Å². The van der Waals surface area contributed by atoms with Gasteiger partial charge in [0, 0.05) is 18.8 Å². The minimum Gasteiger partial charge on any atom is -0.478 e. The van der Waals surface area contributed by atoms with E-state index >= 15 is 0 Å². The molecule has 0 saturated carbocycles. The van der Waals surface area contributed by atoms with Crippen LogP contribution in [-0.4, -0.2) is 36.9 Å². The first kappa shape index (κ1) is 13.6. The van der Waals surface area contributed by atoms with Crippen LogP contribution in [0.5, 0.6) is 0 Å². The van der Waals surface area contributed by atoms with E-state index in [1.165, 1.54) is 16.4 Å². The van der Waals surface area contributed by atoms with Crippen LogP contribution < -0.4 is 5.73 Å². The molecular weight excluding hydrogens is 268 g/mol. The second-order valence-corrected chi connectivity index (χ2v) is 6.09. The van der Waals surface area contributed by atoms with E-state index in [1.807, 2.05) is 6.08 Å². The van der Waals surface area contributed by atoms with E-state index in [2.05, 4.69) is 0 Å². The fourth-order valence-corrected chi connectivity index (χ4v) is 3.49. The average molecular weight is 282 g/mol. The minimum atomic E-state index is -3.81. The maximum absolute atomic E-state index is 12.4. The van der Waals surface area contributed by atoms with Crippen molar-refractivity contribution in [3.8, 4) is 0 Å². The highest BCUT2D eigenvalue weighted by Crippen LogP contribution is 2.24. The van der Waals surface area contributed by atoms with Crippen molar-refractivity contribution in [2.24, 2.45) is 0 Å². The summed E-state index contributed by atoms with van der Waals surface area (Å²) in [6.07, 6.45) is 4.27. The number of aromatic carboxylic acids is 1. The van der Waals surface area contributed by atoms with Gasteiger partial charge in [0.1, 0.15) is 0 Å². The Hall–Kier alpha value is -1.86. The number of hydrogen-bond donors (Lipinski definition) is 2. The lowest BCUT2D eigenvalue weighted by molar-refractivity contribution is 0.0692. The van der Waals surface area contributed by atoms with Gasteiger partial charge in [-0.3, -0.25) is 0 Å². The van der Waals surface area contributed by atoms with Gasteiger partial charge < -0.3 is 10.8 Å². The number of hydrogen-bond acceptors (Lipinski definition) is 4. The molecule has 1 heterocycles. The Morgan fingerprint density at radius 2 is 2.05 bits per heavy atom. The Morgan fingerprint density at radius 1 is 1.32 bits per heavy atom. The molecule has 0 bridgehead atoms. The number of sulfonamides is 1. The van der Waals surface area contributed by atoms with Gasteiger partial charge in [0.25, 0.3) is 0 Å². The monoisotopic (exact) mass is 282 g/mol. The van der Waals surface area contributed by atoms with Crippen molar-refractivity contribution < 1.29 is 18.3 Å². The zero-order valence-electron chi connectivity index (χ0n) is 10.1. The Labute approximate surface area is 111 Å². The van der Waals surface area contributed by atoms with Gasteiger partial charge in [0.15, 0.2) is 0 Å². The highest BCUT2D eigenvalue weighted by molar-refractivity contribution is 7.89. The average Bonchev–Trinajstić information content (AvgIpc) is 2.39. The molecule has 7 heteroatoms. The zero-order valence-corrected chi connectivity index (χ0v) is 10.9. The van der Waals surface area contributed by atoms with Gasteiger partial charge >= 0.3 is 5.97 Å². The van der Waals surface area contributed by atoms with Crippen LogP contribution in [0.2, 0.25) is 0 Å². The van der Waals surface area contributed by atoms with E-state index in [0.29, 0.717) is 13.0 Å². The number of nitrogens with zero attached hydrogens (tertiary/aromatic N) is 1. The number of anilines is 1. The van der Waals surface area contributed by atoms with Gasteiger partial charge in [-0.2, -0.15) is 4.31 Å². The largest absolute Gasteiger partial charge is 0.478 e. The lowest BCUT2D eigenvalue weighted by Gasteiger charge is -2.23. The molecule has 19 heavy (non-hydrogen) atoms. The van der Waals surface area contributed by atoms with Crippen LogP contribution in [0.15, 0.2) is 35.2 Å². The second kappa shape index (κ2) is 5.02. The quantitative estimate of drug-likeness (QED) is 0.634. The van der Waals surface area contributed by atoms with Crippen molar-refractivity contribution in [1.82, 2.24) is 4.31 Å². The van der Waals surface area contributed by atoms with Crippen molar-refractivity contribution in [2.45, 2.75) is 11.3 Å². The van der Waals surface area contributed by atoms with Crippen LogP contribution in [0.25, 0.3) is 0 Å². The molecule has 1 aliphatic heterocycles. The standard InChI is InChI=1S/C12H14N2O4S/c13-9-4-5-11(10(8-9)12(15)16)19(17,18)14-6-2-1-3-7-14/h1-2,4-5,8H,3,6-7,13H2,(H,15,16). The van der Waals surface area contributed by atoms with Crippen molar-refractivity contribution in [3.63, 3.8) is 0 Å². The van der Waals surface area contributed by atoms with Crippen LogP contribution in [0.4, 0.5) is 5.69 Å². The molecule has 0 spiro atoms. The number of rotatable bonds is 3. The van der Waals surface area contributed by atoms with E-state index in [9.17, 15) is 13.2 Å². The predicted molar refractivity (Wildman–Crippen MR) is 70.3 cm³/mol. The summed E-state index contributed by atoms with van der Waals surface area (Å²) in [6.45, 7) is 0.605. The van der Waals surface area contributed by atoms with E-state index < -0.39 is 16.0 Å². The minimum absolute atomic E-state index is 0.217. The normalized spacial score (nSPS) is 16.4. The summed E-state index contributed by atoms with van der Waals surface area (Å²) >= 11 is 0. The Kier molecular flexibility index (Phi) is 3.59. The molecule has 0 fully saturated rings. The maximum Gasteiger partial charge on any atom is 0.337 e. The maximum atomic E-state index is 12.4. The molecule has 2 rings (SSSR count). The Bertz CT molecular complexity index is 637. The lowest BCUT2D eigenvalue weighted by atomic mass is 10.2. The van der Waals surface area contributed by atoms with Gasteiger partial charge in [-0.1, -0.05) is 12.2 Å². The zero-order chi connectivity index (χ0) is 14.0. The molecule has 0 aromatic heterocycles. The third-order valence-electron chi connectivity index (χ3n) is 2.87.